The average Bonchev–Trinajstić information content (AvgIpc) is 2.49. The summed E-state index contributed by atoms with van der Waals surface area (Å²) in [6, 6.07) is 6.25. The van der Waals surface area contributed by atoms with E-state index < -0.39 is 0 Å². The summed E-state index contributed by atoms with van der Waals surface area (Å²) in [6.45, 7) is 4.35. The summed E-state index contributed by atoms with van der Waals surface area (Å²) in [4.78, 5) is 0. The molecule has 0 unspecified atom stereocenters. The van der Waals surface area contributed by atoms with E-state index in [1.807, 2.05) is 23.0 Å². The molecule has 0 aliphatic carbocycles. The van der Waals surface area contributed by atoms with Gasteiger partial charge in [-0.3, -0.25) is 0 Å². The Morgan fingerprint density at radius 2 is 2.25 bits per heavy atom. The van der Waals surface area contributed by atoms with Gasteiger partial charge in [0.25, 0.3) is 0 Å². The van der Waals surface area contributed by atoms with Crippen LogP contribution in [0.3, 0.4) is 0 Å². The van der Waals surface area contributed by atoms with Crippen molar-refractivity contribution in [1.29, 1.82) is 0 Å². The van der Waals surface area contributed by atoms with Gasteiger partial charge < -0.3 is 0 Å². The van der Waals surface area contributed by atoms with Gasteiger partial charge in [0.15, 0.2) is 0 Å². The molecule has 12 heavy (non-hydrogen) atoms. The van der Waals surface area contributed by atoms with Crippen LogP contribution in [0.5, 0.6) is 0 Å². The van der Waals surface area contributed by atoms with Crippen LogP contribution >= 0.6 is 0 Å². The van der Waals surface area contributed by atoms with Gasteiger partial charge in [-0.1, -0.05) is 13.8 Å². The van der Waals surface area contributed by atoms with Crippen molar-refractivity contribution in [3.63, 3.8) is 0 Å². The number of rotatable bonds is 1. The Bertz CT molecular complexity index is 387. The molecule has 0 aromatic carbocycles. The summed E-state index contributed by atoms with van der Waals surface area (Å²) >= 11 is 0. The van der Waals surface area contributed by atoms with Gasteiger partial charge in [0.1, 0.15) is 0 Å². The Balaban J connectivity index is 2.60. The molecule has 0 aliphatic rings. The quantitative estimate of drug-likeness (QED) is 0.626. The van der Waals surface area contributed by atoms with E-state index >= 15 is 0 Å². The molecule has 0 N–H and O–H groups in total. The number of fused-ring (bicyclic) bond motifs is 1. The lowest BCUT2D eigenvalue weighted by Gasteiger charge is -2.04. The highest BCUT2D eigenvalue weighted by Gasteiger charge is 2.00. The zero-order valence-corrected chi connectivity index (χ0v) is 7.36. The molecule has 2 aromatic rings. The number of hydrogen-bond acceptors (Lipinski definition) is 1. The predicted octanol–water partition coefficient (Wildman–Crippen LogP) is 2.46. The first-order chi connectivity index (χ1) is 5.77. The third-order valence-corrected chi connectivity index (χ3v) is 2.07. The van der Waals surface area contributed by atoms with Crippen molar-refractivity contribution < 1.29 is 0 Å². The van der Waals surface area contributed by atoms with Crippen LogP contribution in [0.15, 0.2) is 30.6 Å². The molecule has 0 saturated heterocycles. The van der Waals surface area contributed by atoms with E-state index in [9.17, 15) is 0 Å². The van der Waals surface area contributed by atoms with Crippen molar-refractivity contribution in [3.8, 4) is 0 Å². The molecule has 0 atom stereocenters. The fourth-order valence-electron chi connectivity index (χ4n) is 1.26. The molecule has 0 bridgehead atoms. The zero-order chi connectivity index (χ0) is 8.55. The molecule has 0 fully saturated rings. The lowest BCUT2D eigenvalue weighted by Crippen LogP contribution is -1.93. The SMILES string of the molecule is CC(C)c1cnn2cccc2c1. The second-order valence-electron chi connectivity index (χ2n) is 3.32. The highest BCUT2D eigenvalue weighted by molar-refractivity contribution is 5.48. The Hall–Kier alpha value is -1.31. The standard InChI is InChI=1S/C10H12N2/c1-8(2)9-6-10-4-3-5-12(10)11-7-9/h3-8H,1-2H3. The topological polar surface area (TPSA) is 17.3 Å². The molecule has 2 aromatic heterocycles. The highest BCUT2D eigenvalue weighted by Crippen LogP contribution is 2.14. The second kappa shape index (κ2) is 2.63. The van der Waals surface area contributed by atoms with Crippen molar-refractivity contribution in [2.24, 2.45) is 0 Å². The molecule has 0 amide bonds. The van der Waals surface area contributed by atoms with E-state index in [4.69, 9.17) is 0 Å². The van der Waals surface area contributed by atoms with E-state index in [1.165, 1.54) is 11.1 Å². The van der Waals surface area contributed by atoms with E-state index in [1.54, 1.807) is 0 Å². The van der Waals surface area contributed by atoms with Gasteiger partial charge >= 0.3 is 0 Å². The third-order valence-electron chi connectivity index (χ3n) is 2.07. The lowest BCUT2D eigenvalue weighted by atomic mass is 10.1. The molecule has 0 aliphatic heterocycles. The monoisotopic (exact) mass is 160 g/mol. The minimum absolute atomic E-state index is 0.553. The van der Waals surface area contributed by atoms with Crippen LogP contribution < -0.4 is 0 Å². The molecule has 0 spiro atoms. The average molecular weight is 160 g/mol. The molecule has 2 rings (SSSR count). The number of nitrogens with zero attached hydrogens (tertiary/aromatic N) is 2. The van der Waals surface area contributed by atoms with Crippen LogP contribution in [0.2, 0.25) is 0 Å². The Kier molecular flexibility index (Phi) is 1.61. The van der Waals surface area contributed by atoms with Crippen LogP contribution in [0, 0.1) is 0 Å². The predicted molar refractivity (Wildman–Crippen MR) is 49.3 cm³/mol. The summed E-state index contributed by atoms with van der Waals surface area (Å²) in [5.74, 6) is 0.553. The van der Waals surface area contributed by atoms with Crippen LogP contribution in [0.25, 0.3) is 5.52 Å². The van der Waals surface area contributed by atoms with Gasteiger partial charge in [-0.25, -0.2) is 4.52 Å². The van der Waals surface area contributed by atoms with Crippen LogP contribution in [0.1, 0.15) is 25.3 Å². The minimum Gasteiger partial charge on any atom is -0.241 e. The normalized spacial score (nSPS) is 11.2. The Labute approximate surface area is 71.8 Å². The van der Waals surface area contributed by atoms with Gasteiger partial charge in [0.2, 0.25) is 0 Å². The second-order valence-corrected chi connectivity index (χ2v) is 3.32. The molecular weight excluding hydrogens is 148 g/mol. The molecule has 2 heterocycles. The van der Waals surface area contributed by atoms with E-state index in [0.717, 1.165) is 0 Å². The molecule has 2 heteroatoms. The van der Waals surface area contributed by atoms with Gasteiger partial charge in [0, 0.05) is 6.20 Å². The first-order valence-electron chi connectivity index (χ1n) is 4.20. The maximum atomic E-state index is 4.28. The minimum atomic E-state index is 0.553. The summed E-state index contributed by atoms with van der Waals surface area (Å²) in [6.07, 6.45) is 3.89. The molecule has 62 valence electrons. The fourth-order valence-corrected chi connectivity index (χ4v) is 1.26. The van der Waals surface area contributed by atoms with E-state index in [-0.39, 0.29) is 0 Å². The molecule has 0 radical (unpaired) electrons. The van der Waals surface area contributed by atoms with Crippen molar-refractivity contribution in [1.82, 2.24) is 9.61 Å². The number of hydrogen-bond donors (Lipinski definition) is 0. The number of aromatic nitrogens is 2. The maximum absolute atomic E-state index is 4.28. The fraction of sp³-hybridized carbons (Fsp3) is 0.300. The van der Waals surface area contributed by atoms with Crippen LogP contribution in [-0.2, 0) is 0 Å². The smallest absolute Gasteiger partial charge is 0.0649 e. The largest absolute Gasteiger partial charge is 0.241 e. The Morgan fingerprint density at radius 1 is 1.42 bits per heavy atom. The first kappa shape index (κ1) is 7.35. The highest BCUT2D eigenvalue weighted by atomic mass is 15.2. The summed E-state index contributed by atoms with van der Waals surface area (Å²) in [7, 11) is 0. The van der Waals surface area contributed by atoms with Crippen molar-refractivity contribution >= 4 is 5.52 Å². The summed E-state index contributed by atoms with van der Waals surface area (Å²) in [5.41, 5.74) is 2.46. The summed E-state index contributed by atoms with van der Waals surface area (Å²) < 4.78 is 1.88. The van der Waals surface area contributed by atoms with E-state index in [2.05, 4.69) is 31.1 Å². The summed E-state index contributed by atoms with van der Waals surface area (Å²) in [5, 5.41) is 4.28. The molecule has 2 nitrogen and oxygen atoms in total. The maximum Gasteiger partial charge on any atom is 0.0649 e. The first-order valence-corrected chi connectivity index (χ1v) is 4.20. The lowest BCUT2D eigenvalue weighted by molar-refractivity contribution is 0.831. The van der Waals surface area contributed by atoms with E-state index in [0.29, 0.717) is 5.92 Å². The molecule has 0 saturated carbocycles. The van der Waals surface area contributed by atoms with Crippen molar-refractivity contribution in [2.45, 2.75) is 19.8 Å². The van der Waals surface area contributed by atoms with Gasteiger partial charge in [-0.05, 0) is 29.7 Å². The van der Waals surface area contributed by atoms with Crippen LogP contribution in [0.4, 0.5) is 0 Å². The Morgan fingerprint density at radius 3 is 3.00 bits per heavy atom. The molecular formula is C10H12N2. The van der Waals surface area contributed by atoms with Crippen molar-refractivity contribution in [2.75, 3.05) is 0 Å². The third kappa shape index (κ3) is 1.09. The van der Waals surface area contributed by atoms with Gasteiger partial charge in [0.05, 0.1) is 11.7 Å². The van der Waals surface area contributed by atoms with Crippen molar-refractivity contribution in [3.05, 3.63) is 36.2 Å². The van der Waals surface area contributed by atoms with Gasteiger partial charge in [-0.2, -0.15) is 5.10 Å². The zero-order valence-electron chi connectivity index (χ0n) is 7.36. The van der Waals surface area contributed by atoms with Crippen LogP contribution in [-0.4, -0.2) is 9.61 Å². The van der Waals surface area contributed by atoms with Gasteiger partial charge in [-0.15, -0.1) is 0 Å².